The smallest absolute Gasteiger partial charge is 0.423 e. The summed E-state index contributed by atoms with van der Waals surface area (Å²) in [5.41, 5.74) is 10.5. The number of fused-ring (bicyclic) bond motifs is 1. The van der Waals surface area contributed by atoms with Gasteiger partial charge in [-0.1, -0.05) is 36.4 Å². The van der Waals surface area contributed by atoms with E-state index >= 15 is 0 Å². The number of benzene rings is 2. The number of nitrogens with zero attached hydrogens (tertiary/aromatic N) is 1. The quantitative estimate of drug-likeness (QED) is 0.583. The lowest BCUT2D eigenvalue weighted by atomic mass is 9.80. The van der Waals surface area contributed by atoms with E-state index in [2.05, 4.69) is 23.5 Å². The van der Waals surface area contributed by atoms with Gasteiger partial charge in [0.15, 0.2) is 0 Å². The zero-order chi connectivity index (χ0) is 19.7. The van der Waals surface area contributed by atoms with Crippen LogP contribution in [0.2, 0.25) is 0 Å². The van der Waals surface area contributed by atoms with Crippen molar-refractivity contribution in [1.29, 1.82) is 0 Å². The summed E-state index contributed by atoms with van der Waals surface area (Å²) < 4.78 is 0. The zero-order valence-corrected chi connectivity index (χ0v) is 15.8. The molecule has 1 saturated heterocycles. The number of nitrogens with one attached hydrogen (secondary N) is 1. The molecule has 2 heterocycles. The number of hydrogen-bond donors (Lipinski definition) is 4. The number of amides is 1. The van der Waals surface area contributed by atoms with Crippen LogP contribution >= 0.6 is 0 Å². The third kappa shape index (κ3) is 3.78. The summed E-state index contributed by atoms with van der Waals surface area (Å²) in [6.45, 7) is 2.06. The van der Waals surface area contributed by atoms with Crippen molar-refractivity contribution in [3.8, 4) is 0 Å². The monoisotopic (exact) mass is 379 g/mol. The second kappa shape index (κ2) is 7.95. The predicted molar refractivity (Wildman–Crippen MR) is 110 cm³/mol. The molecule has 2 aliphatic rings. The molecule has 146 valence electrons. The third-order valence-electron chi connectivity index (χ3n) is 5.95. The maximum Gasteiger partial charge on any atom is 0.488 e. The van der Waals surface area contributed by atoms with Gasteiger partial charge in [-0.2, -0.15) is 0 Å². The number of rotatable bonds is 4. The van der Waals surface area contributed by atoms with Crippen LogP contribution in [-0.4, -0.2) is 47.1 Å². The van der Waals surface area contributed by atoms with E-state index in [9.17, 15) is 14.8 Å². The Bertz CT molecular complexity index is 866. The Morgan fingerprint density at radius 3 is 2.68 bits per heavy atom. The molecule has 2 aliphatic heterocycles. The summed E-state index contributed by atoms with van der Waals surface area (Å²) in [5, 5.41) is 21.9. The molecule has 0 aromatic heterocycles. The van der Waals surface area contributed by atoms with Crippen molar-refractivity contribution in [3.05, 3.63) is 59.2 Å². The Balaban J connectivity index is 1.37. The third-order valence-corrected chi connectivity index (χ3v) is 5.95. The molecule has 4 rings (SSSR count). The number of likely N-dealkylation sites (tertiary alicyclic amines) is 1. The normalized spacial score (nSPS) is 19.2. The van der Waals surface area contributed by atoms with Crippen LogP contribution in [-0.2, 0) is 17.8 Å². The number of carbonyl (C=O) groups is 1. The van der Waals surface area contributed by atoms with Crippen molar-refractivity contribution in [3.63, 3.8) is 0 Å². The lowest BCUT2D eigenvalue weighted by Crippen LogP contribution is -2.45. The Hall–Kier alpha value is -2.35. The topological polar surface area (TPSA) is 98.8 Å². The Kier molecular flexibility index (Phi) is 5.39. The van der Waals surface area contributed by atoms with Gasteiger partial charge in [-0.25, -0.2) is 0 Å². The molecule has 1 fully saturated rings. The van der Waals surface area contributed by atoms with Gasteiger partial charge < -0.3 is 26.0 Å². The average molecular weight is 379 g/mol. The van der Waals surface area contributed by atoms with Crippen molar-refractivity contribution in [1.82, 2.24) is 4.90 Å². The molecule has 0 bridgehead atoms. The first kappa shape index (κ1) is 19.0. The standard InChI is InChI=1S/C21H26BN3O3/c23-13-14-2-1-3-16(10-14)15-6-8-25(9-7-15)21(26)20-11-17-4-5-18(22(27)28)12-19(17)24-20/h1-5,10,12,15,20,24,27-28H,6-9,11,13,23H2. The average Bonchev–Trinajstić information content (AvgIpc) is 3.16. The van der Waals surface area contributed by atoms with E-state index in [4.69, 9.17) is 5.73 Å². The minimum Gasteiger partial charge on any atom is -0.423 e. The van der Waals surface area contributed by atoms with Crippen LogP contribution in [0.3, 0.4) is 0 Å². The number of carbonyl (C=O) groups excluding carboxylic acids is 1. The van der Waals surface area contributed by atoms with Crippen LogP contribution in [0.15, 0.2) is 42.5 Å². The van der Waals surface area contributed by atoms with Crippen molar-refractivity contribution in [2.45, 2.75) is 37.8 Å². The molecule has 0 spiro atoms. The summed E-state index contributed by atoms with van der Waals surface area (Å²) >= 11 is 0. The van der Waals surface area contributed by atoms with Gasteiger partial charge in [0.2, 0.25) is 5.91 Å². The molecule has 28 heavy (non-hydrogen) atoms. The second-order valence-electron chi connectivity index (χ2n) is 7.74. The van der Waals surface area contributed by atoms with Crippen LogP contribution in [0.1, 0.15) is 35.4 Å². The molecule has 6 nitrogen and oxygen atoms in total. The van der Waals surface area contributed by atoms with Crippen molar-refractivity contribution in [2.24, 2.45) is 5.73 Å². The molecular weight excluding hydrogens is 353 g/mol. The largest absolute Gasteiger partial charge is 0.488 e. The second-order valence-corrected chi connectivity index (χ2v) is 7.74. The summed E-state index contributed by atoms with van der Waals surface area (Å²) in [5.74, 6) is 0.592. The Labute approximate surface area is 165 Å². The van der Waals surface area contributed by atoms with Crippen LogP contribution in [0, 0.1) is 0 Å². The minimum atomic E-state index is -1.50. The van der Waals surface area contributed by atoms with Gasteiger partial charge in [-0.15, -0.1) is 0 Å². The fourth-order valence-corrected chi connectivity index (χ4v) is 4.30. The molecule has 7 heteroatoms. The molecule has 2 aromatic rings. The van der Waals surface area contributed by atoms with Crippen LogP contribution < -0.4 is 16.5 Å². The zero-order valence-electron chi connectivity index (χ0n) is 15.8. The lowest BCUT2D eigenvalue weighted by Gasteiger charge is -2.34. The molecule has 1 unspecified atom stereocenters. The van der Waals surface area contributed by atoms with Gasteiger partial charge in [0, 0.05) is 31.7 Å². The Morgan fingerprint density at radius 2 is 1.96 bits per heavy atom. The van der Waals surface area contributed by atoms with Crippen LogP contribution in [0.25, 0.3) is 0 Å². The summed E-state index contributed by atoms with van der Waals surface area (Å²) in [6.07, 6.45) is 2.55. The van der Waals surface area contributed by atoms with Gasteiger partial charge in [0.1, 0.15) is 6.04 Å². The SMILES string of the molecule is NCc1cccc(C2CCN(C(=O)C3Cc4ccc(B(O)O)cc4N3)CC2)c1. The van der Waals surface area contributed by atoms with Gasteiger partial charge >= 0.3 is 7.12 Å². The first-order chi connectivity index (χ1) is 13.5. The van der Waals surface area contributed by atoms with Crippen LogP contribution in [0.5, 0.6) is 0 Å². The predicted octanol–water partition coefficient (Wildman–Crippen LogP) is 0.568. The van der Waals surface area contributed by atoms with Crippen molar-refractivity contribution >= 4 is 24.2 Å². The Morgan fingerprint density at radius 1 is 1.18 bits per heavy atom. The van der Waals surface area contributed by atoms with Crippen molar-refractivity contribution < 1.29 is 14.8 Å². The summed E-state index contributed by atoms with van der Waals surface area (Å²) in [7, 11) is -1.50. The molecule has 2 aromatic carbocycles. The summed E-state index contributed by atoms with van der Waals surface area (Å²) in [4.78, 5) is 14.9. The van der Waals surface area contributed by atoms with Gasteiger partial charge in [-0.05, 0) is 47.0 Å². The van der Waals surface area contributed by atoms with Crippen LogP contribution in [0.4, 0.5) is 5.69 Å². The molecule has 1 atom stereocenters. The lowest BCUT2D eigenvalue weighted by molar-refractivity contribution is -0.132. The maximum absolute atomic E-state index is 13.0. The number of nitrogens with two attached hydrogens (primary N) is 1. The number of piperidine rings is 1. The highest BCUT2D eigenvalue weighted by atomic mass is 16.4. The minimum absolute atomic E-state index is 0.122. The van der Waals surface area contributed by atoms with E-state index in [1.165, 1.54) is 5.56 Å². The molecule has 1 amide bonds. The molecule has 0 radical (unpaired) electrons. The highest BCUT2D eigenvalue weighted by Crippen LogP contribution is 2.31. The molecular formula is C21H26BN3O3. The summed E-state index contributed by atoms with van der Waals surface area (Å²) in [6, 6.07) is 13.4. The van der Waals surface area contributed by atoms with E-state index < -0.39 is 7.12 Å². The molecule has 5 N–H and O–H groups in total. The van der Waals surface area contributed by atoms with Gasteiger partial charge in [0.25, 0.3) is 0 Å². The van der Waals surface area contributed by atoms with E-state index in [0.717, 1.165) is 42.7 Å². The van der Waals surface area contributed by atoms with E-state index in [-0.39, 0.29) is 11.9 Å². The van der Waals surface area contributed by atoms with E-state index in [0.29, 0.717) is 24.3 Å². The number of anilines is 1. The fraction of sp³-hybridized carbons (Fsp3) is 0.381. The van der Waals surface area contributed by atoms with E-state index in [1.807, 2.05) is 17.0 Å². The van der Waals surface area contributed by atoms with Crippen molar-refractivity contribution in [2.75, 3.05) is 18.4 Å². The molecule has 0 saturated carbocycles. The first-order valence-electron chi connectivity index (χ1n) is 9.88. The first-order valence-corrected chi connectivity index (χ1v) is 9.88. The van der Waals surface area contributed by atoms with Gasteiger partial charge in [-0.3, -0.25) is 4.79 Å². The maximum atomic E-state index is 13.0. The highest BCUT2D eigenvalue weighted by Gasteiger charge is 2.33. The van der Waals surface area contributed by atoms with Gasteiger partial charge in [0.05, 0.1) is 0 Å². The highest BCUT2D eigenvalue weighted by molar-refractivity contribution is 6.58. The molecule has 0 aliphatic carbocycles. The van der Waals surface area contributed by atoms with E-state index in [1.54, 1.807) is 12.1 Å². The fourth-order valence-electron chi connectivity index (χ4n) is 4.30. The number of hydrogen-bond acceptors (Lipinski definition) is 5.